The molecule has 0 aromatic heterocycles. The number of methoxy groups -OCH3 is 3. The summed E-state index contributed by atoms with van der Waals surface area (Å²) in [6.45, 7) is -0.0190. The van der Waals surface area contributed by atoms with Crippen LogP contribution in [-0.2, 0) is 18.0 Å². The maximum atomic E-state index is 10.3. The Kier molecular flexibility index (Phi) is 4.51. The maximum absolute atomic E-state index is 10.3. The molecule has 2 aromatic rings. The van der Waals surface area contributed by atoms with Crippen molar-refractivity contribution in [2.45, 2.75) is 19.3 Å². The van der Waals surface area contributed by atoms with Gasteiger partial charge in [-0.25, -0.2) is 0 Å². The van der Waals surface area contributed by atoms with Crippen molar-refractivity contribution in [3.8, 4) is 23.0 Å². The Hall–Kier alpha value is -2.44. The third-order valence-corrected chi connectivity index (χ3v) is 4.24. The average molecular weight is 332 g/mol. The van der Waals surface area contributed by atoms with Gasteiger partial charge in [0.25, 0.3) is 0 Å². The molecular formula is C18H20O6. The highest BCUT2D eigenvalue weighted by Crippen LogP contribution is 2.50. The highest BCUT2D eigenvalue weighted by molar-refractivity contribution is 5.61. The number of benzene rings is 2. The SMILES string of the molecule is COc1cccc(OC)c1[C@H]1OCc2c(O)cc(CO)c(OC)c21. The molecule has 1 aliphatic rings. The van der Waals surface area contributed by atoms with Gasteiger partial charge in [0.15, 0.2) is 0 Å². The Morgan fingerprint density at radius 2 is 1.75 bits per heavy atom. The van der Waals surface area contributed by atoms with Gasteiger partial charge in [0, 0.05) is 16.7 Å². The molecule has 1 heterocycles. The number of phenols is 1. The van der Waals surface area contributed by atoms with Gasteiger partial charge in [-0.3, -0.25) is 0 Å². The van der Waals surface area contributed by atoms with Crippen molar-refractivity contribution in [3.63, 3.8) is 0 Å². The third-order valence-electron chi connectivity index (χ3n) is 4.24. The second-order valence-electron chi connectivity index (χ2n) is 5.41. The number of phenolic OH excluding ortho intramolecular Hbond substituents is 1. The fourth-order valence-electron chi connectivity index (χ4n) is 3.17. The van der Waals surface area contributed by atoms with Crippen molar-refractivity contribution in [2.24, 2.45) is 0 Å². The maximum Gasteiger partial charge on any atom is 0.131 e. The van der Waals surface area contributed by atoms with E-state index in [0.717, 1.165) is 0 Å². The van der Waals surface area contributed by atoms with Gasteiger partial charge in [-0.1, -0.05) is 6.07 Å². The van der Waals surface area contributed by atoms with Crippen molar-refractivity contribution < 1.29 is 29.2 Å². The van der Waals surface area contributed by atoms with Crippen LogP contribution in [-0.4, -0.2) is 31.5 Å². The number of ether oxygens (including phenoxy) is 4. The first-order valence-electron chi connectivity index (χ1n) is 7.51. The van der Waals surface area contributed by atoms with E-state index in [1.54, 1.807) is 14.2 Å². The van der Waals surface area contributed by atoms with Crippen LogP contribution in [0.1, 0.15) is 28.4 Å². The smallest absolute Gasteiger partial charge is 0.131 e. The summed E-state index contributed by atoms with van der Waals surface area (Å²) in [6.07, 6.45) is -0.529. The molecule has 2 aromatic carbocycles. The van der Waals surface area contributed by atoms with E-state index >= 15 is 0 Å². The lowest BCUT2D eigenvalue weighted by Gasteiger charge is -2.21. The molecule has 0 unspecified atom stereocenters. The quantitative estimate of drug-likeness (QED) is 0.876. The second kappa shape index (κ2) is 6.59. The van der Waals surface area contributed by atoms with Gasteiger partial charge >= 0.3 is 0 Å². The number of hydrogen-bond donors (Lipinski definition) is 2. The molecule has 0 saturated heterocycles. The van der Waals surface area contributed by atoms with Crippen LogP contribution in [0.4, 0.5) is 0 Å². The largest absolute Gasteiger partial charge is 0.508 e. The van der Waals surface area contributed by atoms with Crippen LogP contribution in [0, 0.1) is 0 Å². The third kappa shape index (κ3) is 2.44. The molecule has 0 spiro atoms. The minimum atomic E-state index is -0.529. The monoisotopic (exact) mass is 332 g/mol. The molecule has 1 atom stereocenters. The van der Waals surface area contributed by atoms with Crippen LogP contribution in [0.15, 0.2) is 24.3 Å². The molecule has 0 fully saturated rings. The highest BCUT2D eigenvalue weighted by atomic mass is 16.5. The number of aliphatic hydroxyl groups excluding tert-OH is 1. The summed E-state index contributed by atoms with van der Waals surface area (Å²) >= 11 is 0. The van der Waals surface area contributed by atoms with Crippen molar-refractivity contribution in [3.05, 3.63) is 46.5 Å². The topological polar surface area (TPSA) is 77.4 Å². The number of aliphatic hydroxyl groups is 1. The summed E-state index contributed by atoms with van der Waals surface area (Å²) in [7, 11) is 4.68. The lowest BCUT2D eigenvalue weighted by Crippen LogP contribution is -2.07. The summed E-state index contributed by atoms with van der Waals surface area (Å²) < 4.78 is 22.4. The molecule has 1 aliphatic heterocycles. The Morgan fingerprint density at radius 3 is 2.29 bits per heavy atom. The van der Waals surface area contributed by atoms with E-state index in [4.69, 9.17) is 18.9 Å². The van der Waals surface area contributed by atoms with Crippen molar-refractivity contribution >= 4 is 0 Å². The van der Waals surface area contributed by atoms with Gasteiger partial charge in [0.2, 0.25) is 0 Å². The molecule has 6 heteroatoms. The number of rotatable bonds is 5. The van der Waals surface area contributed by atoms with Gasteiger partial charge in [0.1, 0.15) is 29.1 Å². The summed E-state index contributed by atoms with van der Waals surface area (Å²) in [5.41, 5.74) is 2.54. The van der Waals surface area contributed by atoms with Gasteiger partial charge < -0.3 is 29.2 Å². The second-order valence-corrected chi connectivity index (χ2v) is 5.41. The molecule has 128 valence electrons. The van der Waals surface area contributed by atoms with E-state index in [1.807, 2.05) is 18.2 Å². The highest BCUT2D eigenvalue weighted by Gasteiger charge is 2.36. The first-order chi connectivity index (χ1) is 11.7. The minimum absolute atomic E-state index is 0.0752. The molecular weight excluding hydrogens is 312 g/mol. The molecule has 2 N–H and O–H groups in total. The fraction of sp³-hybridized carbons (Fsp3) is 0.333. The zero-order valence-corrected chi connectivity index (χ0v) is 13.8. The molecule has 0 aliphatic carbocycles. The molecule has 0 radical (unpaired) electrons. The number of hydrogen-bond acceptors (Lipinski definition) is 6. The van der Waals surface area contributed by atoms with E-state index in [0.29, 0.717) is 39.5 Å². The first-order valence-corrected chi connectivity index (χ1v) is 7.51. The van der Waals surface area contributed by atoms with Crippen LogP contribution in [0.25, 0.3) is 0 Å². The standard InChI is InChI=1S/C18H20O6/c1-21-13-5-4-6-14(22-2)16(13)18-15-11(9-24-18)12(20)7-10(8-19)17(15)23-3/h4-7,18-20H,8-9H2,1-3H3/t18-/m0/s1. The lowest BCUT2D eigenvalue weighted by molar-refractivity contribution is 0.0883. The minimum Gasteiger partial charge on any atom is -0.508 e. The van der Waals surface area contributed by atoms with Crippen LogP contribution in [0.5, 0.6) is 23.0 Å². The van der Waals surface area contributed by atoms with E-state index in [1.165, 1.54) is 13.2 Å². The van der Waals surface area contributed by atoms with Crippen molar-refractivity contribution in [2.75, 3.05) is 21.3 Å². The van der Waals surface area contributed by atoms with E-state index in [-0.39, 0.29) is 19.0 Å². The van der Waals surface area contributed by atoms with Gasteiger partial charge in [0.05, 0.1) is 40.1 Å². The fourth-order valence-corrected chi connectivity index (χ4v) is 3.17. The Balaban J connectivity index is 2.25. The molecule has 0 saturated carbocycles. The van der Waals surface area contributed by atoms with E-state index in [9.17, 15) is 10.2 Å². The number of fused-ring (bicyclic) bond motifs is 1. The lowest BCUT2D eigenvalue weighted by atomic mass is 9.94. The van der Waals surface area contributed by atoms with Gasteiger partial charge in [-0.05, 0) is 18.2 Å². The van der Waals surface area contributed by atoms with Crippen LogP contribution in [0.3, 0.4) is 0 Å². The summed E-state index contributed by atoms with van der Waals surface area (Å²) in [5.74, 6) is 1.80. The first kappa shape index (κ1) is 16.4. The van der Waals surface area contributed by atoms with E-state index < -0.39 is 6.10 Å². The van der Waals surface area contributed by atoms with Crippen molar-refractivity contribution in [1.29, 1.82) is 0 Å². The van der Waals surface area contributed by atoms with Crippen LogP contribution < -0.4 is 14.2 Å². The number of aromatic hydroxyl groups is 1. The van der Waals surface area contributed by atoms with Crippen LogP contribution in [0.2, 0.25) is 0 Å². The Bertz CT molecular complexity index is 733. The van der Waals surface area contributed by atoms with E-state index in [2.05, 4.69) is 0 Å². The van der Waals surface area contributed by atoms with Gasteiger partial charge in [-0.2, -0.15) is 0 Å². The predicted octanol–water partition coefficient (Wildman–Crippen LogP) is 2.53. The molecule has 24 heavy (non-hydrogen) atoms. The average Bonchev–Trinajstić information content (AvgIpc) is 3.05. The molecule has 0 bridgehead atoms. The molecule has 0 amide bonds. The Morgan fingerprint density at radius 1 is 1.08 bits per heavy atom. The molecule has 6 nitrogen and oxygen atoms in total. The normalized spacial score (nSPS) is 15.9. The zero-order chi connectivity index (χ0) is 17.3. The van der Waals surface area contributed by atoms with Crippen LogP contribution >= 0.6 is 0 Å². The van der Waals surface area contributed by atoms with Gasteiger partial charge in [-0.15, -0.1) is 0 Å². The summed E-state index contributed by atoms with van der Waals surface area (Å²) in [5, 5.41) is 19.9. The molecule has 3 rings (SSSR count). The Labute approximate surface area is 140 Å². The summed E-state index contributed by atoms with van der Waals surface area (Å²) in [4.78, 5) is 0. The summed E-state index contributed by atoms with van der Waals surface area (Å²) in [6, 6.07) is 6.97. The zero-order valence-electron chi connectivity index (χ0n) is 13.8. The predicted molar refractivity (Wildman–Crippen MR) is 86.8 cm³/mol. The van der Waals surface area contributed by atoms with Crippen molar-refractivity contribution in [1.82, 2.24) is 0 Å².